The largest absolute Gasteiger partial charge is 0.378 e. The van der Waals surface area contributed by atoms with Crippen molar-refractivity contribution in [1.29, 1.82) is 0 Å². The molecule has 0 saturated carbocycles. The Morgan fingerprint density at radius 2 is 1.88 bits per heavy atom. The predicted molar refractivity (Wildman–Crippen MR) is 89.8 cm³/mol. The minimum absolute atomic E-state index is 0.0810. The Bertz CT molecular complexity index is 863. The molecule has 0 bridgehead atoms. The fourth-order valence-corrected chi connectivity index (χ4v) is 3.01. The van der Waals surface area contributed by atoms with Crippen LogP contribution in [0, 0.1) is 0 Å². The minimum atomic E-state index is -0.0810. The Morgan fingerprint density at radius 3 is 2.75 bits per heavy atom. The first-order valence-electron chi connectivity index (χ1n) is 8.05. The van der Waals surface area contributed by atoms with E-state index in [0.29, 0.717) is 38.5 Å². The molecule has 3 aromatic rings. The molecular weight excluding hydrogens is 304 g/mol. The number of carbonyl (C=O) groups excluding carboxylic acids is 1. The topological polar surface area (TPSA) is 60.2 Å². The van der Waals surface area contributed by atoms with Crippen molar-refractivity contribution in [2.45, 2.75) is 6.54 Å². The quantitative estimate of drug-likeness (QED) is 0.739. The molecule has 0 unspecified atom stereocenters. The first-order chi connectivity index (χ1) is 11.8. The van der Waals surface area contributed by atoms with Crippen molar-refractivity contribution in [3.8, 4) is 0 Å². The lowest BCUT2D eigenvalue weighted by atomic mass is 10.0. The van der Waals surface area contributed by atoms with E-state index in [1.807, 2.05) is 18.2 Å². The molecule has 1 fully saturated rings. The van der Waals surface area contributed by atoms with Gasteiger partial charge >= 0.3 is 0 Å². The first-order valence-corrected chi connectivity index (χ1v) is 8.05. The van der Waals surface area contributed by atoms with Crippen LogP contribution in [0.15, 0.2) is 48.7 Å². The van der Waals surface area contributed by atoms with Crippen molar-refractivity contribution in [2.75, 3.05) is 26.3 Å². The lowest BCUT2D eigenvalue weighted by molar-refractivity contribution is 0.0299. The van der Waals surface area contributed by atoms with Gasteiger partial charge in [-0.05, 0) is 16.3 Å². The lowest BCUT2D eigenvalue weighted by Gasteiger charge is -2.25. The molecule has 1 aromatic heterocycles. The average molecular weight is 322 g/mol. The molecule has 6 heteroatoms. The third kappa shape index (κ3) is 2.88. The maximum atomic E-state index is 12.4. The van der Waals surface area contributed by atoms with Crippen LogP contribution < -0.4 is 0 Å². The van der Waals surface area contributed by atoms with Crippen LogP contribution in [0.4, 0.5) is 0 Å². The van der Waals surface area contributed by atoms with Crippen LogP contribution in [0.3, 0.4) is 0 Å². The van der Waals surface area contributed by atoms with Gasteiger partial charge in [-0.3, -0.25) is 4.79 Å². The summed E-state index contributed by atoms with van der Waals surface area (Å²) in [5.74, 6) is -0.0810. The number of nitrogens with zero attached hydrogens (tertiary/aromatic N) is 4. The van der Waals surface area contributed by atoms with Gasteiger partial charge in [0.2, 0.25) is 0 Å². The number of amides is 1. The molecule has 122 valence electrons. The van der Waals surface area contributed by atoms with Crippen molar-refractivity contribution < 1.29 is 9.53 Å². The Labute approximate surface area is 139 Å². The van der Waals surface area contributed by atoms with Crippen molar-refractivity contribution in [2.24, 2.45) is 0 Å². The Kier molecular flexibility index (Phi) is 3.96. The molecule has 0 atom stereocenters. The van der Waals surface area contributed by atoms with E-state index in [1.54, 1.807) is 15.8 Å². The summed E-state index contributed by atoms with van der Waals surface area (Å²) in [5, 5.41) is 10.6. The fourth-order valence-electron chi connectivity index (χ4n) is 3.01. The molecule has 2 heterocycles. The predicted octanol–water partition coefficient (Wildman–Crippen LogP) is 1.95. The normalized spacial score (nSPS) is 14.9. The van der Waals surface area contributed by atoms with Gasteiger partial charge in [-0.2, -0.15) is 0 Å². The van der Waals surface area contributed by atoms with Crippen molar-refractivity contribution >= 4 is 16.7 Å². The summed E-state index contributed by atoms with van der Waals surface area (Å²) < 4.78 is 6.99. The molecule has 4 rings (SSSR count). The van der Waals surface area contributed by atoms with Crippen LogP contribution in [0.5, 0.6) is 0 Å². The third-order valence-electron chi connectivity index (χ3n) is 4.27. The third-order valence-corrected chi connectivity index (χ3v) is 4.27. The van der Waals surface area contributed by atoms with E-state index < -0.39 is 0 Å². The number of hydrogen-bond donors (Lipinski definition) is 0. The number of carbonyl (C=O) groups is 1. The van der Waals surface area contributed by atoms with Crippen molar-refractivity contribution in [1.82, 2.24) is 19.9 Å². The number of aromatic nitrogens is 3. The molecule has 24 heavy (non-hydrogen) atoms. The van der Waals surface area contributed by atoms with Gasteiger partial charge in [0.15, 0.2) is 5.69 Å². The van der Waals surface area contributed by atoms with Gasteiger partial charge in [-0.15, -0.1) is 5.10 Å². The van der Waals surface area contributed by atoms with E-state index in [0.717, 1.165) is 5.56 Å². The van der Waals surface area contributed by atoms with E-state index in [1.165, 1.54) is 10.8 Å². The van der Waals surface area contributed by atoms with Crippen LogP contribution in [0.25, 0.3) is 10.8 Å². The van der Waals surface area contributed by atoms with E-state index >= 15 is 0 Å². The second-order valence-corrected chi connectivity index (χ2v) is 5.84. The van der Waals surface area contributed by atoms with Crippen LogP contribution >= 0.6 is 0 Å². The molecule has 1 saturated heterocycles. The van der Waals surface area contributed by atoms with E-state index in [9.17, 15) is 4.79 Å². The minimum Gasteiger partial charge on any atom is -0.378 e. The van der Waals surface area contributed by atoms with E-state index in [4.69, 9.17) is 4.74 Å². The number of benzene rings is 2. The standard InChI is InChI=1S/C18H18N4O2/c23-18(21-8-10-24-11-9-21)17-13-22(20-19-17)12-15-6-3-5-14-4-1-2-7-16(14)15/h1-7,13H,8-12H2. The maximum Gasteiger partial charge on any atom is 0.276 e. The summed E-state index contributed by atoms with van der Waals surface area (Å²) >= 11 is 0. The van der Waals surface area contributed by atoms with Crippen molar-refractivity contribution in [3.05, 3.63) is 59.9 Å². The molecule has 1 aliphatic rings. The number of morpholine rings is 1. The van der Waals surface area contributed by atoms with Gasteiger partial charge in [0.05, 0.1) is 26.0 Å². The second-order valence-electron chi connectivity index (χ2n) is 5.84. The highest BCUT2D eigenvalue weighted by molar-refractivity contribution is 5.92. The summed E-state index contributed by atoms with van der Waals surface area (Å²) in [4.78, 5) is 14.2. The summed E-state index contributed by atoms with van der Waals surface area (Å²) in [5.41, 5.74) is 1.54. The summed E-state index contributed by atoms with van der Waals surface area (Å²) in [6.07, 6.45) is 1.72. The summed E-state index contributed by atoms with van der Waals surface area (Å²) in [6.45, 7) is 2.96. The maximum absolute atomic E-state index is 12.4. The van der Waals surface area contributed by atoms with Gasteiger partial charge in [0, 0.05) is 13.1 Å². The molecule has 2 aromatic carbocycles. The number of fused-ring (bicyclic) bond motifs is 1. The highest BCUT2D eigenvalue weighted by Gasteiger charge is 2.21. The summed E-state index contributed by atoms with van der Waals surface area (Å²) in [7, 11) is 0. The Balaban J connectivity index is 1.55. The number of ether oxygens (including phenoxy) is 1. The zero-order chi connectivity index (χ0) is 16.4. The highest BCUT2D eigenvalue weighted by atomic mass is 16.5. The fraction of sp³-hybridized carbons (Fsp3) is 0.278. The van der Waals surface area contributed by atoms with Gasteiger partial charge in [0.25, 0.3) is 5.91 Å². The summed E-state index contributed by atoms with van der Waals surface area (Å²) in [6, 6.07) is 14.5. The van der Waals surface area contributed by atoms with Crippen LogP contribution in [0.2, 0.25) is 0 Å². The van der Waals surface area contributed by atoms with Gasteiger partial charge < -0.3 is 9.64 Å². The van der Waals surface area contributed by atoms with Gasteiger partial charge in [0.1, 0.15) is 0 Å². The molecule has 6 nitrogen and oxygen atoms in total. The molecule has 0 aliphatic carbocycles. The Hall–Kier alpha value is -2.73. The molecule has 0 radical (unpaired) electrons. The first kappa shape index (κ1) is 14.8. The van der Waals surface area contributed by atoms with Gasteiger partial charge in [-0.25, -0.2) is 4.68 Å². The van der Waals surface area contributed by atoms with E-state index in [2.05, 4.69) is 34.6 Å². The molecule has 0 N–H and O–H groups in total. The van der Waals surface area contributed by atoms with Crippen molar-refractivity contribution in [3.63, 3.8) is 0 Å². The monoisotopic (exact) mass is 322 g/mol. The molecule has 1 aliphatic heterocycles. The van der Waals surface area contributed by atoms with Crippen LogP contribution in [-0.4, -0.2) is 52.1 Å². The molecule has 0 spiro atoms. The average Bonchev–Trinajstić information content (AvgIpc) is 3.11. The molecular formula is C18H18N4O2. The van der Waals surface area contributed by atoms with Gasteiger partial charge in [-0.1, -0.05) is 47.7 Å². The Morgan fingerprint density at radius 1 is 1.08 bits per heavy atom. The number of rotatable bonds is 3. The SMILES string of the molecule is O=C(c1cn(Cc2cccc3ccccc23)nn1)N1CCOCC1. The zero-order valence-corrected chi connectivity index (χ0v) is 13.3. The highest BCUT2D eigenvalue weighted by Crippen LogP contribution is 2.19. The van der Waals surface area contributed by atoms with Crippen LogP contribution in [-0.2, 0) is 11.3 Å². The van der Waals surface area contributed by atoms with Crippen LogP contribution in [0.1, 0.15) is 16.1 Å². The molecule has 1 amide bonds. The second kappa shape index (κ2) is 6.41. The smallest absolute Gasteiger partial charge is 0.276 e. The lowest BCUT2D eigenvalue weighted by Crippen LogP contribution is -2.40. The number of hydrogen-bond acceptors (Lipinski definition) is 4. The zero-order valence-electron chi connectivity index (χ0n) is 13.3. The van der Waals surface area contributed by atoms with E-state index in [-0.39, 0.29) is 5.91 Å².